The zero-order valence-corrected chi connectivity index (χ0v) is 19.8. The molecule has 0 atom stereocenters. The summed E-state index contributed by atoms with van der Waals surface area (Å²) in [7, 11) is 1.92. The normalized spacial score (nSPS) is 15.2. The highest BCUT2D eigenvalue weighted by Gasteiger charge is 2.24. The number of carbonyl (C=O) groups excluding carboxylic acids is 1. The van der Waals surface area contributed by atoms with Gasteiger partial charge in [-0.1, -0.05) is 24.3 Å². The summed E-state index contributed by atoms with van der Waals surface area (Å²) in [5, 5.41) is 4.67. The van der Waals surface area contributed by atoms with E-state index in [1.54, 1.807) is 6.08 Å². The predicted molar refractivity (Wildman–Crippen MR) is 132 cm³/mol. The molecule has 1 aliphatic heterocycles. The number of hydrogen-bond acceptors (Lipinski definition) is 4. The van der Waals surface area contributed by atoms with Gasteiger partial charge in [-0.3, -0.25) is 9.78 Å². The minimum atomic E-state index is 0.0493. The molecule has 1 aliphatic rings. The summed E-state index contributed by atoms with van der Waals surface area (Å²) < 4.78 is 1.93. The second-order valence-corrected chi connectivity index (χ2v) is 8.76. The number of aryl methyl sites for hydroxylation is 1. The van der Waals surface area contributed by atoms with Gasteiger partial charge in [-0.2, -0.15) is 5.10 Å². The van der Waals surface area contributed by atoms with Crippen LogP contribution in [-0.4, -0.2) is 63.2 Å². The van der Waals surface area contributed by atoms with Crippen LogP contribution >= 0.6 is 0 Å². The second-order valence-electron chi connectivity index (χ2n) is 8.76. The zero-order valence-electron chi connectivity index (χ0n) is 19.8. The number of carbonyl (C=O) groups is 1. The summed E-state index contributed by atoms with van der Waals surface area (Å²) in [5.41, 5.74) is 5.12. The summed E-state index contributed by atoms with van der Waals surface area (Å²) in [5.74, 6) is 0.0493. The first-order valence-electron chi connectivity index (χ1n) is 11.7. The highest BCUT2D eigenvalue weighted by atomic mass is 16.2. The van der Waals surface area contributed by atoms with E-state index in [0.717, 1.165) is 67.2 Å². The van der Waals surface area contributed by atoms with E-state index < -0.39 is 0 Å². The topological polar surface area (TPSA) is 54.3 Å². The van der Waals surface area contributed by atoms with Crippen molar-refractivity contribution in [3.05, 3.63) is 83.4 Å². The van der Waals surface area contributed by atoms with Gasteiger partial charge in [0.15, 0.2) is 0 Å². The molecule has 0 saturated carbocycles. The first-order valence-corrected chi connectivity index (χ1v) is 11.7. The van der Waals surface area contributed by atoms with Crippen molar-refractivity contribution in [2.24, 2.45) is 0 Å². The maximum Gasteiger partial charge on any atom is 0.246 e. The summed E-state index contributed by atoms with van der Waals surface area (Å²) in [6.45, 7) is 7.08. The van der Waals surface area contributed by atoms with Crippen LogP contribution in [0, 0.1) is 13.8 Å². The highest BCUT2D eigenvalue weighted by molar-refractivity contribution is 5.92. The molecule has 1 saturated heterocycles. The first-order chi connectivity index (χ1) is 16.0. The van der Waals surface area contributed by atoms with E-state index >= 15 is 0 Å². The molecule has 3 heterocycles. The molecule has 0 radical (unpaired) electrons. The minimum Gasteiger partial charge on any atom is -0.339 e. The van der Waals surface area contributed by atoms with Crippen LogP contribution in [0.5, 0.6) is 0 Å². The van der Waals surface area contributed by atoms with E-state index in [1.807, 2.05) is 85.2 Å². The Labute approximate surface area is 196 Å². The van der Waals surface area contributed by atoms with Crippen LogP contribution in [0.15, 0.2) is 60.8 Å². The third-order valence-electron chi connectivity index (χ3n) is 6.60. The molecule has 172 valence electrons. The summed E-state index contributed by atoms with van der Waals surface area (Å²) in [4.78, 5) is 21.7. The zero-order chi connectivity index (χ0) is 23.2. The number of nitrogens with zero attached hydrogens (tertiary/aromatic N) is 5. The van der Waals surface area contributed by atoms with Gasteiger partial charge in [-0.25, -0.2) is 4.68 Å². The number of piperidine rings is 1. The van der Waals surface area contributed by atoms with Crippen molar-refractivity contribution in [1.29, 1.82) is 0 Å². The van der Waals surface area contributed by atoms with Gasteiger partial charge in [0, 0.05) is 68.4 Å². The number of aromatic nitrogens is 3. The maximum atomic E-state index is 12.9. The molecule has 0 unspecified atom stereocenters. The maximum absolute atomic E-state index is 12.9. The number of pyridine rings is 1. The monoisotopic (exact) mass is 443 g/mol. The number of benzene rings is 1. The summed E-state index contributed by atoms with van der Waals surface area (Å²) >= 11 is 0. The Morgan fingerprint density at radius 2 is 1.82 bits per heavy atom. The van der Waals surface area contributed by atoms with Crippen molar-refractivity contribution in [2.75, 3.05) is 26.7 Å². The van der Waals surface area contributed by atoms with Crippen molar-refractivity contribution in [3.8, 4) is 5.69 Å². The van der Waals surface area contributed by atoms with E-state index in [1.165, 1.54) is 0 Å². The van der Waals surface area contributed by atoms with Crippen molar-refractivity contribution < 1.29 is 4.79 Å². The average molecular weight is 444 g/mol. The van der Waals surface area contributed by atoms with E-state index in [0.29, 0.717) is 0 Å². The van der Waals surface area contributed by atoms with E-state index in [9.17, 15) is 4.79 Å². The molecule has 0 N–H and O–H groups in total. The summed E-state index contributed by atoms with van der Waals surface area (Å²) in [6.07, 6.45) is 8.44. The molecule has 6 heteroatoms. The van der Waals surface area contributed by atoms with Crippen LogP contribution < -0.4 is 0 Å². The number of para-hydroxylation sites is 1. The molecule has 1 aromatic carbocycles. The molecule has 33 heavy (non-hydrogen) atoms. The van der Waals surface area contributed by atoms with Gasteiger partial charge in [0.1, 0.15) is 0 Å². The Balaban J connectivity index is 1.32. The third-order valence-corrected chi connectivity index (χ3v) is 6.60. The van der Waals surface area contributed by atoms with E-state index in [-0.39, 0.29) is 11.9 Å². The Morgan fingerprint density at radius 3 is 2.52 bits per heavy atom. The van der Waals surface area contributed by atoms with Gasteiger partial charge in [0.2, 0.25) is 5.91 Å². The molecule has 4 rings (SSSR count). The van der Waals surface area contributed by atoms with Crippen molar-refractivity contribution >= 4 is 12.0 Å². The van der Waals surface area contributed by atoms with Crippen molar-refractivity contribution in [1.82, 2.24) is 24.6 Å². The molecule has 1 amide bonds. The molecule has 2 aromatic heterocycles. The van der Waals surface area contributed by atoms with Gasteiger partial charge >= 0.3 is 0 Å². The Bertz CT molecular complexity index is 1080. The van der Waals surface area contributed by atoms with Crippen LogP contribution in [-0.2, 0) is 11.2 Å². The summed E-state index contributed by atoms with van der Waals surface area (Å²) in [6, 6.07) is 16.4. The van der Waals surface area contributed by atoms with Crippen LogP contribution in [0.1, 0.15) is 35.5 Å². The fraction of sp³-hybridized carbons (Fsp3) is 0.370. The van der Waals surface area contributed by atoms with Gasteiger partial charge in [0.25, 0.3) is 0 Å². The van der Waals surface area contributed by atoms with E-state index in [4.69, 9.17) is 0 Å². The van der Waals surface area contributed by atoms with Crippen LogP contribution in [0.2, 0.25) is 0 Å². The van der Waals surface area contributed by atoms with Gasteiger partial charge < -0.3 is 9.80 Å². The fourth-order valence-electron chi connectivity index (χ4n) is 4.52. The molecule has 0 bridgehead atoms. The predicted octanol–water partition coefficient (Wildman–Crippen LogP) is 4.06. The smallest absolute Gasteiger partial charge is 0.246 e. The molecule has 6 nitrogen and oxygen atoms in total. The van der Waals surface area contributed by atoms with Crippen LogP contribution in [0.4, 0.5) is 0 Å². The average Bonchev–Trinajstić information content (AvgIpc) is 3.15. The van der Waals surface area contributed by atoms with Crippen molar-refractivity contribution in [2.45, 2.75) is 39.2 Å². The number of amides is 1. The lowest BCUT2D eigenvalue weighted by Crippen LogP contribution is -2.45. The Morgan fingerprint density at radius 1 is 1.09 bits per heavy atom. The highest BCUT2D eigenvalue weighted by Crippen LogP contribution is 2.20. The Hall–Kier alpha value is -3.25. The molecular formula is C27H33N5O. The fourth-order valence-corrected chi connectivity index (χ4v) is 4.52. The van der Waals surface area contributed by atoms with Gasteiger partial charge in [-0.15, -0.1) is 0 Å². The SMILES string of the molecule is Cc1nn(-c2ccccc2)c(C)c1/C=C/C(=O)N(C)C1CCN(CCc2ccccn2)CC1. The number of hydrogen-bond donors (Lipinski definition) is 0. The molecule has 0 aliphatic carbocycles. The van der Waals surface area contributed by atoms with Gasteiger partial charge in [0.05, 0.1) is 11.4 Å². The van der Waals surface area contributed by atoms with Gasteiger partial charge in [-0.05, 0) is 57.0 Å². The Kier molecular flexibility index (Phi) is 7.35. The van der Waals surface area contributed by atoms with Crippen LogP contribution in [0.25, 0.3) is 11.8 Å². The van der Waals surface area contributed by atoms with Crippen molar-refractivity contribution in [3.63, 3.8) is 0 Å². The number of likely N-dealkylation sites (tertiary alicyclic amines) is 1. The molecular weight excluding hydrogens is 410 g/mol. The second kappa shape index (κ2) is 10.6. The minimum absolute atomic E-state index is 0.0493. The van der Waals surface area contributed by atoms with Crippen LogP contribution in [0.3, 0.4) is 0 Å². The largest absolute Gasteiger partial charge is 0.339 e. The number of likely N-dealkylation sites (N-methyl/N-ethyl adjacent to an activating group) is 1. The quantitative estimate of drug-likeness (QED) is 0.517. The lowest BCUT2D eigenvalue weighted by atomic mass is 10.0. The number of rotatable bonds is 7. The molecule has 0 spiro atoms. The lowest BCUT2D eigenvalue weighted by molar-refractivity contribution is -0.127. The first kappa shape index (κ1) is 22.9. The van der Waals surface area contributed by atoms with E-state index in [2.05, 4.69) is 21.0 Å². The third kappa shape index (κ3) is 5.57. The standard InChI is InChI=1S/C27H33N5O/c1-21-26(22(2)32(29-21)25-10-5-4-6-11-25)12-13-27(33)30(3)24-15-19-31(20-16-24)18-14-23-9-7-8-17-28-23/h4-13,17,24H,14-16,18-20H2,1-3H3/b13-12+. The molecule has 3 aromatic rings. The lowest BCUT2D eigenvalue weighted by Gasteiger charge is -2.36. The molecule has 1 fully saturated rings.